The Morgan fingerprint density at radius 1 is 1.11 bits per heavy atom. The topological polar surface area (TPSA) is 307 Å². The summed E-state index contributed by atoms with van der Waals surface area (Å²) in [6, 6.07) is 3.59. The molecule has 2 fully saturated rings. The van der Waals surface area contributed by atoms with Crippen LogP contribution in [0, 0.1) is 23.2 Å². The number of hydrogen-bond acceptors (Lipinski definition) is 20. The zero-order valence-electron chi connectivity index (χ0n) is 38.7. The van der Waals surface area contributed by atoms with Gasteiger partial charge in [-0.2, -0.15) is 14.9 Å². The molecule has 5 rings (SSSR count). The number of carbonyl (C=O) groups is 1. The maximum atomic E-state index is 13.4. The van der Waals surface area contributed by atoms with Gasteiger partial charge in [0.15, 0.2) is 17.4 Å². The maximum absolute atomic E-state index is 13.4. The summed E-state index contributed by atoms with van der Waals surface area (Å²) >= 11 is 6.12. The van der Waals surface area contributed by atoms with Gasteiger partial charge in [0.1, 0.15) is 36.8 Å². The van der Waals surface area contributed by atoms with Crippen LogP contribution in [0.15, 0.2) is 23.4 Å². The van der Waals surface area contributed by atoms with Gasteiger partial charge in [-0.15, -0.1) is 14.5 Å². The number of fused-ring (bicyclic) bond motifs is 1. The lowest BCUT2D eigenvalue weighted by atomic mass is 10.1. The van der Waals surface area contributed by atoms with E-state index >= 15 is 0 Å². The molecule has 1 amide bonds. The van der Waals surface area contributed by atoms with Crippen molar-refractivity contribution in [2.45, 2.75) is 147 Å². The van der Waals surface area contributed by atoms with Crippen LogP contribution in [0.3, 0.4) is 0 Å². The molecule has 1 saturated carbocycles. The van der Waals surface area contributed by atoms with Crippen LogP contribution < -0.4 is 15.6 Å². The highest BCUT2D eigenvalue weighted by molar-refractivity contribution is 8.07. The number of rotatable bonds is 24. The Kier molecular flexibility index (Phi) is 18.8. The molecule has 3 aromatic rings. The van der Waals surface area contributed by atoms with Gasteiger partial charge in [0, 0.05) is 35.1 Å². The highest BCUT2D eigenvalue weighted by Gasteiger charge is 2.60. The summed E-state index contributed by atoms with van der Waals surface area (Å²) in [5.74, 6) is -1.40. The van der Waals surface area contributed by atoms with Crippen LogP contribution in [0.25, 0.3) is 11.2 Å². The summed E-state index contributed by atoms with van der Waals surface area (Å²) in [6.45, 7) is 13.5. The normalized spacial score (nSPS) is 23.9. The third kappa shape index (κ3) is 12.6. The number of nitriles is 1. The molecular weight excluding hydrogens is 957 g/mol. The number of nitrogens with one attached hydrogen (secondary N) is 2. The van der Waals surface area contributed by atoms with Gasteiger partial charge in [-0.05, 0) is 40.4 Å². The summed E-state index contributed by atoms with van der Waals surface area (Å²) in [5, 5.41) is 31.5. The highest BCUT2D eigenvalue weighted by Crippen LogP contribution is 2.56. The second kappa shape index (κ2) is 23.0. The summed E-state index contributed by atoms with van der Waals surface area (Å²) in [6.07, 6.45) is -3.49. The predicted molar refractivity (Wildman–Crippen MR) is 246 cm³/mol. The maximum Gasteiger partial charge on any atom is 0.695 e. The van der Waals surface area contributed by atoms with E-state index in [1.807, 2.05) is 61.5 Å². The first-order chi connectivity index (χ1) is 31.1. The molecule has 4 heterocycles. The number of aromatic nitrogens is 7. The van der Waals surface area contributed by atoms with E-state index in [4.69, 9.17) is 47.9 Å². The first-order valence-corrected chi connectivity index (χ1v) is 29.5. The minimum atomic E-state index is -4.09. The van der Waals surface area contributed by atoms with Gasteiger partial charge in [-0.25, -0.2) is 9.97 Å². The Bertz CT molecular complexity index is 2260. The van der Waals surface area contributed by atoms with Crippen LogP contribution in [0.4, 0.5) is 5.95 Å². The average Bonchev–Trinajstić information content (AvgIpc) is 3.94. The fourth-order valence-electron chi connectivity index (χ4n) is 7.92. The van der Waals surface area contributed by atoms with Crippen LogP contribution >= 0.6 is 15.0 Å². The number of amides is 1. The van der Waals surface area contributed by atoms with Crippen LogP contribution in [-0.2, 0) is 52.5 Å². The van der Waals surface area contributed by atoms with Crippen molar-refractivity contribution >= 4 is 66.9 Å². The minimum Gasteiger partial charge on any atom is -0.474 e. The zero-order valence-corrected chi connectivity index (χ0v) is 43.3. The minimum absolute atomic E-state index is 0.118. The third-order valence-electron chi connectivity index (χ3n) is 11.5. The molecule has 1 aliphatic heterocycles. The van der Waals surface area contributed by atoms with Gasteiger partial charge in [0.25, 0.3) is 5.56 Å². The molecule has 2 unspecified atom stereocenters. The molecule has 5 N–H and O–H groups in total. The van der Waals surface area contributed by atoms with E-state index < -0.39 is 98.8 Å². The van der Waals surface area contributed by atoms with Crippen LogP contribution in [-0.4, -0.2) is 123 Å². The molecule has 0 spiro atoms. The zero-order chi connectivity index (χ0) is 48.7. The van der Waals surface area contributed by atoms with E-state index in [-0.39, 0.29) is 77.6 Å². The van der Waals surface area contributed by atoms with E-state index in [1.165, 1.54) is 12.5 Å². The van der Waals surface area contributed by atoms with Crippen LogP contribution in [0.1, 0.15) is 94.7 Å². The van der Waals surface area contributed by atoms with E-state index in [9.17, 15) is 34.2 Å². The van der Waals surface area contributed by atoms with Gasteiger partial charge < -0.3 is 37.0 Å². The lowest BCUT2D eigenvalue weighted by Crippen LogP contribution is -2.62. The first kappa shape index (κ1) is 53.9. The monoisotopic (exact) mass is 1020 g/mol. The smallest absolute Gasteiger partial charge is 0.474 e. The summed E-state index contributed by atoms with van der Waals surface area (Å²) < 4.78 is 64.9. The average molecular weight is 1020 g/mol. The summed E-state index contributed by atoms with van der Waals surface area (Å²) in [5.41, 5.74) is -2.18. The molecule has 2 aliphatic rings. The fraction of sp³-hybridized carbons (Fsp3) is 0.737. The first-order valence-electron chi connectivity index (χ1n) is 21.8. The van der Waals surface area contributed by atoms with Crippen molar-refractivity contribution in [2.75, 3.05) is 25.1 Å². The number of ether oxygens (including phenoxy) is 2. The number of aromatic amines is 1. The van der Waals surface area contributed by atoms with Crippen molar-refractivity contribution < 1.29 is 60.3 Å². The molecule has 23 nitrogen and oxygen atoms in total. The van der Waals surface area contributed by atoms with E-state index in [0.29, 0.717) is 0 Å². The Morgan fingerprint density at radius 2 is 1.80 bits per heavy atom. The number of anilines is 1. The summed E-state index contributed by atoms with van der Waals surface area (Å²) in [4.78, 5) is 63.2. The van der Waals surface area contributed by atoms with E-state index in [0.717, 1.165) is 4.68 Å². The standard InChI is InChI=1S/C38H61N9O14P2SSi2/c1-21(2)35(49)43-38-42-34-31(36(50)44-38)45-46-47(34)37-33(32(29(18-48)57-37)60-66(24(7)8,25(9)10)61-65(53,22(3)4)23(5)6)59-63(64,54-15-11-13-39)55-19-26-16-27(17-28(26)58-62(51)52)56-30-12-14-40-20-41-30/h12,14,20-29,32-33,37,48,53H,11,15-19H2,1-10H3,(H2-,42,43,44,46,49,50,51,52)/p+1/t26-,27-,28+,29-,32-,33-,37-,63?/m1/s1. The highest BCUT2D eigenvalue weighted by atomic mass is 32.5. The Balaban J connectivity index is 1.62. The SMILES string of the molecule is CC(C)C(=O)Nc1nc2c(nnn2[C@@H]2O[C@H](CO)[C@@H](O[Si](O[Si](O)(C(C)C)C(C)C)(C(C)C)C(C)C)[C@H]2OP(=S)(OCCC#N)OC[C@H]2C[C@@H](Oc3ccncn3)C[C@@H]2O[P+](=O)O)c(=O)[nH]1. The number of nitrogens with zero attached hydrogens (tertiary/aromatic N) is 7. The largest absolute Gasteiger partial charge is 0.695 e. The second-order valence-electron chi connectivity index (χ2n) is 17.7. The number of carbonyl (C=O) groups excluding carboxylic acids is 1. The third-order valence-corrected chi connectivity index (χ3v) is 24.1. The van der Waals surface area contributed by atoms with Gasteiger partial charge in [-0.3, -0.25) is 24.4 Å². The Morgan fingerprint density at radius 3 is 2.38 bits per heavy atom. The quantitative estimate of drug-likeness (QED) is 0.0440. The van der Waals surface area contributed by atoms with E-state index in [1.54, 1.807) is 19.9 Å². The van der Waals surface area contributed by atoms with Crippen molar-refractivity contribution in [3.63, 3.8) is 0 Å². The molecule has 28 heteroatoms. The molecule has 9 atom stereocenters. The lowest BCUT2D eigenvalue weighted by molar-refractivity contribution is -0.118. The van der Waals surface area contributed by atoms with Gasteiger partial charge in [-0.1, -0.05) is 74.5 Å². The Labute approximate surface area is 391 Å². The predicted octanol–water partition coefficient (Wildman–Crippen LogP) is 5.16. The van der Waals surface area contributed by atoms with Crippen molar-refractivity contribution in [3.05, 3.63) is 28.9 Å². The van der Waals surface area contributed by atoms with Crippen molar-refractivity contribution in [2.24, 2.45) is 11.8 Å². The molecule has 0 radical (unpaired) electrons. The fourth-order valence-corrected chi connectivity index (χ4v) is 20.4. The molecular formula is C38H62N9O14P2SSi2+. The number of hydrogen-bond donors (Lipinski definition) is 5. The van der Waals surface area contributed by atoms with Crippen molar-refractivity contribution in [3.8, 4) is 11.9 Å². The lowest BCUT2D eigenvalue weighted by Gasteiger charge is -2.47. The van der Waals surface area contributed by atoms with Gasteiger partial charge in [0.05, 0.1) is 32.3 Å². The van der Waals surface area contributed by atoms with Crippen LogP contribution in [0.5, 0.6) is 5.88 Å². The van der Waals surface area contributed by atoms with E-state index in [2.05, 4.69) is 35.6 Å². The number of aliphatic hydroxyl groups is 1. The molecule has 66 heavy (non-hydrogen) atoms. The molecule has 1 saturated heterocycles. The number of aliphatic hydroxyl groups excluding tert-OH is 1. The van der Waals surface area contributed by atoms with Gasteiger partial charge in [0.2, 0.25) is 17.7 Å². The molecule has 0 bridgehead atoms. The molecule has 1 aliphatic carbocycles. The number of H-pyrrole nitrogens is 1. The summed E-state index contributed by atoms with van der Waals surface area (Å²) in [7, 11) is -10.3. The van der Waals surface area contributed by atoms with Crippen LogP contribution in [0.2, 0.25) is 22.2 Å². The second-order valence-corrected chi connectivity index (χ2v) is 30.0. The van der Waals surface area contributed by atoms with Gasteiger partial charge >= 0.3 is 32.1 Å². The molecule has 3 aromatic heterocycles. The Hall–Kier alpha value is -3.10. The van der Waals surface area contributed by atoms with Crippen molar-refractivity contribution in [1.29, 1.82) is 5.26 Å². The van der Waals surface area contributed by atoms with Crippen molar-refractivity contribution in [1.82, 2.24) is 34.9 Å². The molecule has 0 aromatic carbocycles. The molecule has 366 valence electrons.